The van der Waals surface area contributed by atoms with Crippen LogP contribution in [0, 0.1) is 0 Å². The van der Waals surface area contributed by atoms with Crippen molar-refractivity contribution in [2.24, 2.45) is 0 Å². The van der Waals surface area contributed by atoms with Gasteiger partial charge < -0.3 is 25.2 Å². The Hall–Kier alpha value is -8.95. The molecule has 12 nitrogen and oxygen atoms in total. The van der Waals surface area contributed by atoms with Crippen LogP contribution in [0.3, 0.4) is 0 Å². The lowest BCUT2D eigenvalue weighted by atomic mass is 10.0. The predicted octanol–water partition coefficient (Wildman–Crippen LogP) is 14.1. The lowest BCUT2D eigenvalue weighted by Crippen LogP contribution is -2.12. The highest BCUT2D eigenvalue weighted by atomic mass is 35.7. The molecule has 75 heavy (non-hydrogen) atoms. The second-order valence-corrected chi connectivity index (χ2v) is 21.6. The highest BCUT2D eigenvalue weighted by Gasteiger charge is 2.16. The predicted molar refractivity (Wildman–Crippen MR) is 303 cm³/mol. The Kier molecular flexibility index (Phi) is 14.1. The van der Waals surface area contributed by atoms with Gasteiger partial charge in [-0.15, -0.1) is 0 Å². The summed E-state index contributed by atoms with van der Waals surface area (Å²) >= 11 is 0. The third-order valence-corrected chi connectivity index (χ3v) is 15.3. The average molecular weight is 1050 g/mol. The fourth-order valence-electron chi connectivity index (χ4n) is 8.67. The number of hydrogen-bond acceptors (Lipinski definition) is 9. The maximum Gasteiger partial charge on any atom is 0.261 e. The average Bonchev–Trinajstić information content (AvgIpc) is 4.01. The van der Waals surface area contributed by atoms with Crippen LogP contribution in [0.4, 0.5) is 11.4 Å². The molecule has 12 aromatic rings. The Morgan fingerprint density at radius 1 is 0.440 bits per heavy atom. The van der Waals surface area contributed by atoms with E-state index in [2.05, 4.69) is 91.4 Å². The number of sulfonamides is 1. The Morgan fingerprint density at radius 2 is 0.867 bits per heavy atom. The number of fused-ring (bicyclic) bond motifs is 6. The number of halogens is 1. The van der Waals surface area contributed by atoms with E-state index in [1.54, 1.807) is 75.0 Å². The molecule has 0 amide bonds. The van der Waals surface area contributed by atoms with E-state index in [0.717, 1.165) is 106 Å². The van der Waals surface area contributed by atoms with Gasteiger partial charge in [0.05, 0.1) is 24.0 Å². The van der Waals surface area contributed by atoms with Gasteiger partial charge in [0.2, 0.25) is 0 Å². The zero-order chi connectivity index (χ0) is 52.1. The standard InChI is InChI=1S/C30H23N3O3S.C24H19N3O.C6H5ClO2S/c1-36-25-13-10-20(11-14-25)22-12-15-29-27(17-22)28-18-23(19-31-30(28)32-29)21-6-5-7-24(16-21)33-37(34,35)26-8-3-2-4-9-26;1-28-20-8-5-15(6-9-20)17-7-10-23-21(12-17)22-13-18(14-26-24(22)27-23)16-3-2-4-19(25)11-16;7-10(8,9)6-4-2-1-3-5-6/h2-19,33H,1H3,(H,31,32);2-14H,25H2,1H3,(H,26,27);1-5H. The molecule has 0 saturated heterocycles. The number of pyridine rings is 2. The third-order valence-electron chi connectivity index (χ3n) is 12.5. The summed E-state index contributed by atoms with van der Waals surface area (Å²) < 4.78 is 60.0. The van der Waals surface area contributed by atoms with Gasteiger partial charge in [0.15, 0.2) is 0 Å². The van der Waals surface area contributed by atoms with E-state index in [9.17, 15) is 16.8 Å². The van der Waals surface area contributed by atoms with Crippen molar-refractivity contribution in [3.8, 4) is 56.0 Å². The molecular formula is C60H47ClN6O6S2. The summed E-state index contributed by atoms with van der Waals surface area (Å²) in [6, 6.07) is 64.5. The summed E-state index contributed by atoms with van der Waals surface area (Å²) in [5.74, 6) is 1.67. The number of benzene rings is 8. The Bertz CT molecular complexity index is 4230. The molecule has 0 unspecified atom stereocenters. The van der Waals surface area contributed by atoms with Gasteiger partial charge in [-0.05, 0) is 143 Å². The first-order valence-electron chi connectivity index (χ1n) is 23.5. The largest absolute Gasteiger partial charge is 0.497 e. The van der Waals surface area contributed by atoms with E-state index in [4.69, 9.17) is 25.9 Å². The number of aromatic nitrogens is 4. The van der Waals surface area contributed by atoms with Gasteiger partial charge in [-0.2, -0.15) is 0 Å². The monoisotopic (exact) mass is 1050 g/mol. The molecule has 0 spiro atoms. The highest BCUT2D eigenvalue weighted by Crippen LogP contribution is 2.35. The van der Waals surface area contributed by atoms with Gasteiger partial charge in [-0.25, -0.2) is 26.8 Å². The summed E-state index contributed by atoms with van der Waals surface area (Å²) in [6.45, 7) is 0. The third kappa shape index (κ3) is 11.2. The van der Waals surface area contributed by atoms with Crippen LogP contribution in [0.15, 0.2) is 228 Å². The molecule has 4 heterocycles. The van der Waals surface area contributed by atoms with Crippen LogP contribution in [0.1, 0.15) is 0 Å². The number of H-pyrrole nitrogens is 2. The molecule has 8 aromatic carbocycles. The fourth-order valence-corrected chi connectivity index (χ4v) is 10.5. The number of aromatic amines is 2. The van der Waals surface area contributed by atoms with Crippen LogP contribution in [0.5, 0.6) is 11.5 Å². The molecule has 0 aliphatic rings. The number of anilines is 2. The summed E-state index contributed by atoms with van der Waals surface area (Å²) in [7, 11) is 1.16. The highest BCUT2D eigenvalue weighted by molar-refractivity contribution is 8.13. The van der Waals surface area contributed by atoms with Crippen molar-refractivity contribution in [3.05, 3.63) is 219 Å². The van der Waals surface area contributed by atoms with Crippen LogP contribution >= 0.6 is 10.7 Å². The molecule has 5 N–H and O–H groups in total. The van der Waals surface area contributed by atoms with Crippen LogP contribution < -0.4 is 19.9 Å². The van der Waals surface area contributed by atoms with Gasteiger partial charge in [-0.3, -0.25) is 4.72 Å². The second-order valence-electron chi connectivity index (χ2n) is 17.3. The van der Waals surface area contributed by atoms with Crippen LogP contribution in [0.2, 0.25) is 0 Å². The fraction of sp³-hybridized carbons (Fsp3) is 0.0333. The first-order valence-corrected chi connectivity index (χ1v) is 27.3. The first kappa shape index (κ1) is 49.6. The molecule has 0 fully saturated rings. The minimum absolute atomic E-state index is 0.136. The van der Waals surface area contributed by atoms with Gasteiger partial charge in [0, 0.05) is 78.2 Å². The summed E-state index contributed by atoms with van der Waals surface area (Å²) in [4.78, 5) is 16.5. The number of nitrogens with one attached hydrogen (secondary N) is 3. The number of methoxy groups -OCH3 is 2. The molecular weight excluding hydrogens is 1000 g/mol. The van der Waals surface area contributed by atoms with E-state index < -0.39 is 19.1 Å². The molecule has 0 radical (unpaired) electrons. The summed E-state index contributed by atoms with van der Waals surface area (Å²) in [5, 5.41) is 4.32. The molecule has 0 aliphatic heterocycles. The Morgan fingerprint density at radius 3 is 1.32 bits per heavy atom. The van der Waals surface area contributed by atoms with Gasteiger partial charge in [-0.1, -0.05) is 97.1 Å². The van der Waals surface area contributed by atoms with Gasteiger partial charge >= 0.3 is 0 Å². The molecule has 0 saturated carbocycles. The van der Waals surface area contributed by atoms with E-state index in [-0.39, 0.29) is 9.79 Å². The van der Waals surface area contributed by atoms with Crippen LogP contribution in [-0.4, -0.2) is 51.0 Å². The minimum Gasteiger partial charge on any atom is -0.497 e. The number of hydrogen-bond donors (Lipinski definition) is 4. The molecule has 0 bridgehead atoms. The molecule has 0 aliphatic carbocycles. The maximum atomic E-state index is 12.8. The van der Waals surface area contributed by atoms with Gasteiger partial charge in [0.1, 0.15) is 22.8 Å². The van der Waals surface area contributed by atoms with Gasteiger partial charge in [0.25, 0.3) is 19.1 Å². The topological polar surface area (TPSA) is 182 Å². The quantitative estimate of drug-likeness (QED) is 0.0765. The molecule has 12 rings (SSSR count). The summed E-state index contributed by atoms with van der Waals surface area (Å²) in [5.41, 5.74) is 19.3. The number of ether oxygens (including phenoxy) is 2. The molecule has 0 atom stereocenters. The normalized spacial score (nSPS) is 11.4. The smallest absolute Gasteiger partial charge is 0.261 e. The van der Waals surface area contributed by atoms with E-state index >= 15 is 0 Å². The van der Waals surface area contributed by atoms with E-state index in [1.165, 1.54) is 12.1 Å². The van der Waals surface area contributed by atoms with Crippen LogP contribution in [0.25, 0.3) is 88.4 Å². The number of nitrogen functional groups attached to an aromatic ring is 1. The molecule has 4 aromatic heterocycles. The zero-order valence-corrected chi connectivity index (χ0v) is 42.8. The van der Waals surface area contributed by atoms with Crippen molar-refractivity contribution in [3.63, 3.8) is 0 Å². The van der Waals surface area contributed by atoms with Crippen molar-refractivity contribution >= 4 is 85.0 Å². The zero-order valence-electron chi connectivity index (χ0n) is 40.4. The molecule has 15 heteroatoms. The van der Waals surface area contributed by atoms with Crippen molar-refractivity contribution in [1.29, 1.82) is 0 Å². The lowest BCUT2D eigenvalue weighted by Gasteiger charge is -2.10. The van der Waals surface area contributed by atoms with Crippen molar-refractivity contribution in [2.75, 3.05) is 24.7 Å². The maximum absolute atomic E-state index is 12.8. The minimum atomic E-state index is -3.68. The second kappa shape index (κ2) is 21.3. The first-order chi connectivity index (χ1) is 36.3. The SMILES string of the molecule is COc1ccc(-c2ccc3[nH]c4ncc(-c5cccc(N)c5)cc4c3c2)cc1.COc1ccc(-c2ccc3[nH]c4ncc(-c5cccc(NS(=O)(=O)c6ccccc6)c5)cc4c3c2)cc1.O=S(=O)(Cl)c1ccccc1. The van der Waals surface area contributed by atoms with Crippen molar-refractivity contribution in [1.82, 2.24) is 19.9 Å². The molecule has 372 valence electrons. The lowest BCUT2D eigenvalue weighted by molar-refractivity contribution is 0.415. The number of rotatable bonds is 10. The number of nitrogens with zero attached hydrogens (tertiary/aromatic N) is 2. The van der Waals surface area contributed by atoms with Crippen LogP contribution in [-0.2, 0) is 19.1 Å². The van der Waals surface area contributed by atoms with E-state index in [0.29, 0.717) is 5.69 Å². The Labute approximate surface area is 437 Å². The van der Waals surface area contributed by atoms with E-state index in [1.807, 2.05) is 79.0 Å². The van der Waals surface area contributed by atoms with Crippen molar-refractivity contribution < 1.29 is 26.3 Å². The van der Waals surface area contributed by atoms with Crippen molar-refractivity contribution in [2.45, 2.75) is 9.79 Å². The summed E-state index contributed by atoms with van der Waals surface area (Å²) in [6.07, 6.45) is 3.68. The Balaban J connectivity index is 0.000000148. The number of nitrogens with two attached hydrogens (primary N) is 1.